The smallest absolute Gasteiger partial charge is 0.198 e. The van der Waals surface area contributed by atoms with Gasteiger partial charge in [0.15, 0.2) is 5.96 Å². The number of rotatable bonds is 3. The number of benzene rings is 2. The summed E-state index contributed by atoms with van der Waals surface area (Å²) >= 11 is 0. The van der Waals surface area contributed by atoms with Crippen molar-refractivity contribution in [3.8, 4) is 6.07 Å². The van der Waals surface area contributed by atoms with E-state index in [1.807, 2.05) is 24.3 Å². The number of fused-ring (bicyclic) bond motifs is 1. The molecule has 1 heterocycles. The minimum atomic E-state index is 0.604. The van der Waals surface area contributed by atoms with Crippen LogP contribution in [-0.4, -0.2) is 19.0 Å². The van der Waals surface area contributed by atoms with Crippen molar-refractivity contribution in [2.45, 2.75) is 19.9 Å². The van der Waals surface area contributed by atoms with E-state index in [1.165, 1.54) is 11.3 Å². The number of hydrogen-bond acceptors (Lipinski definition) is 2. The number of nitrogens with one attached hydrogen (secondary N) is 1. The summed E-state index contributed by atoms with van der Waals surface area (Å²) in [5, 5.41) is 12.2. The summed E-state index contributed by atoms with van der Waals surface area (Å²) < 4.78 is 0. The first-order chi connectivity index (χ1) is 11.3. The van der Waals surface area contributed by atoms with Crippen LogP contribution in [0.3, 0.4) is 0 Å². The van der Waals surface area contributed by atoms with Crippen molar-refractivity contribution in [1.82, 2.24) is 5.32 Å². The number of aliphatic imine (C=N–C) groups is 1. The molecule has 0 spiro atoms. The molecule has 4 nitrogen and oxygen atoms in total. The van der Waals surface area contributed by atoms with Gasteiger partial charge in [-0.15, -0.1) is 0 Å². The molecule has 0 amide bonds. The first-order valence-electron chi connectivity index (χ1n) is 7.94. The first kappa shape index (κ1) is 15.1. The molecule has 0 unspecified atom stereocenters. The Hall–Kier alpha value is -2.80. The zero-order chi connectivity index (χ0) is 16.1. The Morgan fingerprint density at radius 3 is 2.74 bits per heavy atom. The average Bonchev–Trinajstić information content (AvgIpc) is 3.03. The largest absolute Gasteiger partial charge is 0.356 e. The average molecular weight is 304 g/mol. The van der Waals surface area contributed by atoms with Crippen molar-refractivity contribution in [1.29, 1.82) is 5.26 Å². The molecule has 0 atom stereocenters. The summed E-state index contributed by atoms with van der Waals surface area (Å²) in [4.78, 5) is 7.02. The third-order valence-electron chi connectivity index (χ3n) is 3.97. The fraction of sp³-hybridized carbons (Fsp3) is 0.263. The lowest BCUT2D eigenvalue weighted by Crippen LogP contribution is -2.40. The highest BCUT2D eigenvalue weighted by molar-refractivity contribution is 5.97. The van der Waals surface area contributed by atoms with Crippen LogP contribution in [0, 0.1) is 11.3 Å². The second-order valence-electron chi connectivity index (χ2n) is 5.51. The van der Waals surface area contributed by atoms with Gasteiger partial charge in [0.25, 0.3) is 0 Å². The SMILES string of the molecule is CCNC(=NCc1ccc(C#N)cc1)N1CCc2ccccc21. The Balaban J connectivity index is 1.80. The predicted octanol–water partition coefficient (Wildman–Crippen LogP) is 3.09. The fourth-order valence-electron chi connectivity index (χ4n) is 2.80. The fourth-order valence-corrected chi connectivity index (χ4v) is 2.80. The second-order valence-corrected chi connectivity index (χ2v) is 5.51. The quantitative estimate of drug-likeness (QED) is 0.700. The molecule has 0 saturated carbocycles. The molecule has 116 valence electrons. The van der Waals surface area contributed by atoms with Crippen LogP contribution < -0.4 is 10.2 Å². The molecule has 0 aromatic heterocycles. The van der Waals surface area contributed by atoms with Gasteiger partial charge in [-0.3, -0.25) is 0 Å². The van der Waals surface area contributed by atoms with Crippen LogP contribution >= 0.6 is 0 Å². The maximum atomic E-state index is 8.86. The molecule has 0 bridgehead atoms. The Bertz CT molecular complexity index is 741. The lowest BCUT2D eigenvalue weighted by molar-refractivity contribution is 0.882. The van der Waals surface area contributed by atoms with E-state index >= 15 is 0 Å². The van der Waals surface area contributed by atoms with Gasteiger partial charge in [0, 0.05) is 18.8 Å². The molecule has 4 heteroatoms. The van der Waals surface area contributed by atoms with Gasteiger partial charge < -0.3 is 10.2 Å². The maximum absolute atomic E-state index is 8.86. The van der Waals surface area contributed by atoms with Crippen LogP contribution in [0.2, 0.25) is 0 Å². The van der Waals surface area contributed by atoms with Gasteiger partial charge in [0.2, 0.25) is 0 Å². The highest BCUT2D eigenvalue weighted by Gasteiger charge is 2.22. The summed E-state index contributed by atoms with van der Waals surface area (Å²) in [7, 11) is 0. The minimum Gasteiger partial charge on any atom is -0.356 e. The van der Waals surface area contributed by atoms with Gasteiger partial charge in [0.1, 0.15) is 0 Å². The van der Waals surface area contributed by atoms with Crippen molar-refractivity contribution >= 4 is 11.6 Å². The first-order valence-corrected chi connectivity index (χ1v) is 7.94. The summed E-state index contributed by atoms with van der Waals surface area (Å²) in [6.45, 7) is 4.48. The predicted molar refractivity (Wildman–Crippen MR) is 93.5 cm³/mol. The molecule has 0 radical (unpaired) electrons. The molecule has 1 aliphatic heterocycles. The van der Waals surface area contributed by atoms with E-state index in [0.29, 0.717) is 12.1 Å². The van der Waals surface area contributed by atoms with Crippen LogP contribution in [0.1, 0.15) is 23.6 Å². The second kappa shape index (κ2) is 6.97. The molecule has 1 aliphatic rings. The van der Waals surface area contributed by atoms with Crippen LogP contribution in [0.4, 0.5) is 5.69 Å². The molecule has 3 rings (SSSR count). The molecular weight excluding hydrogens is 284 g/mol. The Morgan fingerprint density at radius 1 is 1.22 bits per heavy atom. The minimum absolute atomic E-state index is 0.604. The summed E-state index contributed by atoms with van der Waals surface area (Å²) in [5.41, 5.74) is 4.40. The van der Waals surface area contributed by atoms with Crippen LogP contribution in [-0.2, 0) is 13.0 Å². The number of hydrogen-bond donors (Lipinski definition) is 1. The van der Waals surface area contributed by atoms with Crippen molar-refractivity contribution in [2.24, 2.45) is 4.99 Å². The van der Waals surface area contributed by atoms with E-state index in [-0.39, 0.29) is 0 Å². The lowest BCUT2D eigenvalue weighted by atomic mass is 10.1. The van der Waals surface area contributed by atoms with Crippen molar-refractivity contribution < 1.29 is 0 Å². The van der Waals surface area contributed by atoms with Crippen molar-refractivity contribution in [3.63, 3.8) is 0 Å². The van der Waals surface area contributed by atoms with E-state index in [2.05, 4.69) is 47.5 Å². The van der Waals surface area contributed by atoms with E-state index in [9.17, 15) is 0 Å². The lowest BCUT2D eigenvalue weighted by Gasteiger charge is -2.22. The van der Waals surface area contributed by atoms with Gasteiger partial charge in [-0.1, -0.05) is 30.3 Å². The zero-order valence-corrected chi connectivity index (χ0v) is 13.3. The molecule has 23 heavy (non-hydrogen) atoms. The monoisotopic (exact) mass is 304 g/mol. The molecule has 1 N–H and O–H groups in total. The summed E-state index contributed by atoms with van der Waals surface area (Å²) in [6, 6.07) is 18.2. The summed E-state index contributed by atoms with van der Waals surface area (Å²) in [6.07, 6.45) is 1.05. The highest BCUT2D eigenvalue weighted by Crippen LogP contribution is 2.27. The number of nitriles is 1. The number of anilines is 1. The van der Waals surface area contributed by atoms with Crippen LogP contribution in [0.25, 0.3) is 0 Å². The normalized spacial score (nSPS) is 13.6. The molecule has 0 fully saturated rings. The van der Waals surface area contributed by atoms with Gasteiger partial charge in [-0.25, -0.2) is 4.99 Å². The third-order valence-corrected chi connectivity index (χ3v) is 3.97. The number of para-hydroxylation sites is 1. The number of guanidine groups is 1. The molecule has 2 aromatic carbocycles. The van der Waals surface area contributed by atoms with Crippen LogP contribution in [0.5, 0.6) is 0 Å². The van der Waals surface area contributed by atoms with E-state index < -0.39 is 0 Å². The molecule has 0 saturated heterocycles. The molecule has 2 aromatic rings. The Kier molecular flexibility index (Phi) is 4.58. The van der Waals surface area contributed by atoms with Gasteiger partial charge in [-0.05, 0) is 42.7 Å². The van der Waals surface area contributed by atoms with Gasteiger partial charge in [-0.2, -0.15) is 5.26 Å². The zero-order valence-electron chi connectivity index (χ0n) is 13.3. The van der Waals surface area contributed by atoms with E-state index in [0.717, 1.165) is 31.0 Å². The molecular formula is C19H20N4. The van der Waals surface area contributed by atoms with E-state index in [4.69, 9.17) is 10.3 Å². The highest BCUT2D eigenvalue weighted by atomic mass is 15.3. The number of nitrogens with zero attached hydrogens (tertiary/aromatic N) is 3. The maximum Gasteiger partial charge on any atom is 0.198 e. The van der Waals surface area contributed by atoms with Crippen molar-refractivity contribution in [2.75, 3.05) is 18.0 Å². The van der Waals surface area contributed by atoms with Crippen molar-refractivity contribution in [3.05, 3.63) is 65.2 Å². The third kappa shape index (κ3) is 3.35. The Labute approximate surface area is 137 Å². The standard InChI is InChI=1S/C19H20N4/c1-2-21-19(22-14-16-9-7-15(13-20)8-10-16)23-12-11-17-5-3-4-6-18(17)23/h3-10H,2,11-12,14H2,1H3,(H,21,22). The van der Waals surface area contributed by atoms with Gasteiger partial charge in [0.05, 0.1) is 18.2 Å². The topological polar surface area (TPSA) is 51.4 Å². The van der Waals surface area contributed by atoms with Crippen LogP contribution in [0.15, 0.2) is 53.5 Å². The Morgan fingerprint density at radius 2 is 2.00 bits per heavy atom. The van der Waals surface area contributed by atoms with E-state index in [1.54, 1.807) is 0 Å². The summed E-state index contributed by atoms with van der Waals surface area (Å²) in [5.74, 6) is 0.918. The molecule has 0 aliphatic carbocycles. The van der Waals surface area contributed by atoms with Gasteiger partial charge >= 0.3 is 0 Å².